The van der Waals surface area contributed by atoms with Gasteiger partial charge in [0.2, 0.25) is 5.91 Å². The standard InChI is InChI=1S/C23H27N3O4S/c27-21(16-8-2-1-3-9-16)25-23-20(18-11-4-5-12-19(18)31-23)22(28)24-14-15-7-6-10-17(13-15)26(29)30/h6-7,10,13,16H,1-5,8-9,11-12,14H2,(H,24,28)(H,25,27). The van der Waals surface area contributed by atoms with Crippen LogP contribution in [0.4, 0.5) is 10.7 Å². The first-order valence-electron chi connectivity index (χ1n) is 11.0. The number of nitrogens with zero attached hydrogens (tertiary/aromatic N) is 1. The van der Waals surface area contributed by atoms with E-state index in [9.17, 15) is 19.7 Å². The highest BCUT2D eigenvalue weighted by molar-refractivity contribution is 7.17. The van der Waals surface area contributed by atoms with Crippen molar-refractivity contribution in [3.05, 3.63) is 55.9 Å². The molecule has 164 valence electrons. The van der Waals surface area contributed by atoms with Crippen LogP contribution in [-0.2, 0) is 24.2 Å². The van der Waals surface area contributed by atoms with Crippen LogP contribution in [0.5, 0.6) is 0 Å². The van der Waals surface area contributed by atoms with Crippen molar-refractivity contribution < 1.29 is 14.5 Å². The Morgan fingerprint density at radius 1 is 1.10 bits per heavy atom. The number of non-ortho nitro benzene ring substituents is 1. The molecule has 1 fully saturated rings. The molecule has 0 spiro atoms. The molecule has 4 rings (SSSR count). The summed E-state index contributed by atoms with van der Waals surface area (Å²) in [5.41, 5.74) is 2.29. The molecule has 2 aromatic rings. The van der Waals surface area contributed by atoms with E-state index in [1.807, 2.05) is 0 Å². The zero-order valence-electron chi connectivity index (χ0n) is 17.4. The van der Waals surface area contributed by atoms with E-state index >= 15 is 0 Å². The third kappa shape index (κ3) is 4.95. The molecule has 8 heteroatoms. The van der Waals surface area contributed by atoms with Crippen LogP contribution in [0.3, 0.4) is 0 Å². The normalized spacial score (nSPS) is 16.4. The molecular weight excluding hydrogens is 414 g/mol. The maximum absolute atomic E-state index is 13.2. The van der Waals surface area contributed by atoms with Gasteiger partial charge in [0.15, 0.2) is 0 Å². The number of thiophene rings is 1. The third-order valence-electron chi connectivity index (χ3n) is 6.19. The summed E-state index contributed by atoms with van der Waals surface area (Å²) >= 11 is 1.53. The van der Waals surface area contributed by atoms with Gasteiger partial charge < -0.3 is 10.6 Å². The minimum absolute atomic E-state index is 0.0000888. The summed E-state index contributed by atoms with van der Waals surface area (Å²) in [6.45, 7) is 0.196. The Hall–Kier alpha value is -2.74. The second kappa shape index (κ2) is 9.60. The molecule has 7 nitrogen and oxygen atoms in total. The molecular formula is C23H27N3O4S. The fraction of sp³-hybridized carbons (Fsp3) is 0.478. The molecule has 0 bridgehead atoms. The first-order chi connectivity index (χ1) is 15.0. The monoisotopic (exact) mass is 441 g/mol. The zero-order chi connectivity index (χ0) is 21.8. The number of aryl methyl sites for hydroxylation is 1. The van der Waals surface area contributed by atoms with E-state index in [2.05, 4.69) is 10.6 Å². The molecule has 1 aromatic heterocycles. The van der Waals surface area contributed by atoms with Gasteiger partial charge in [0.25, 0.3) is 11.6 Å². The molecule has 1 aromatic carbocycles. The molecule has 2 amide bonds. The van der Waals surface area contributed by atoms with E-state index in [4.69, 9.17) is 0 Å². The van der Waals surface area contributed by atoms with Crippen LogP contribution in [0.2, 0.25) is 0 Å². The molecule has 0 aliphatic heterocycles. The summed E-state index contributed by atoms with van der Waals surface area (Å²) in [5, 5.41) is 17.6. The number of amides is 2. The Morgan fingerprint density at radius 3 is 2.65 bits per heavy atom. The van der Waals surface area contributed by atoms with Crippen molar-refractivity contribution in [3.63, 3.8) is 0 Å². The third-order valence-corrected chi connectivity index (χ3v) is 7.39. The van der Waals surface area contributed by atoms with Crippen LogP contribution in [0.15, 0.2) is 24.3 Å². The number of rotatable bonds is 6. The summed E-state index contributed by atoms with van der Waals surface area (Å²) in [4.78, 5) is 37.7. The van der Waals surface area contributed by atoms with Gasteiger partial charge >= 0.3 is 0 Å². The molecule has 2 aliphatic rings. The lowest BCUT2D eigenvalue weighted by atomic mass is 9.88. The van der Waals surface area contributed by atoms with Crippen LogP contribution in [-0.4, -0.2) is 16.7 Å². The number of carbonyl (C=O) groups is 2. The van der Waals surface area contributed by atoms with Crippen LogP contribution in [0.1, 0.15) is 71.3 Å². The Kier molecular flexibility index (Phi) is 6.65. The highest BCUT2D eigenvalue weighted by Gasteiger charge is 2.28. The van der Waals surface area contributed by atoms with Gasteiger partial charge in [-0.05, 0) is 49.7 Å². The molecule has 0 unspecified atom stereocenters. The summed E-state index contributed by atoms with van der Waals surface area (Å²) in [5.74, 6) is -0.190. The number of fused-ring (bicyclic) bond motifs is 1. The van der Waals surface area contributed by atoms with Gasteiger partial charge in [-0.2, -0.15) is 0 Å². The van der Waals surface area contributed by atoms with E-state index in [0.29, 0.717) is 16.1 Å². The molecule has 2 aliphatic carbocycles. The van der Waals surface area contributed by atoms with Crippen molar-refractivity contribution in [1.82, 2.24) is 5.32 Å². The Morgan fingerprint density at radius 2 is 1.87 bits per heavy atom. The van der Waals surface area contributed by atoms with Gasteiger partial charge in [0.1, 0.15) is 5.00 Å². The van der Waals surface area contributed by atoms with Crippen molar-refractivity contribution >= 4 is 33.8 Å². The van der Waals surface area contributed by atoms with Gasteiger partial charge in [-0.3, -0.25) is 19.7 Å². The quantitative estimate of drug-likeness (QED) is 0.487. The van der Waals surface area contributed by atoms with Crippen molar-refractivity contribution in [2.24, 2.45) is 5.92 Å². The maximum atomic E-state index is 13.2. The van der Waals surface area contributed by atoms with E-state index in [0.717, 1.165) is 56.9 Å². The van der Waals surface area contributed by atoms with Gasteiger partial charge in [-0.15, -0.1) is 11.3 Å². The van der Waals surface area contributed by atoms with Gasteiger partial charge in [0, 0.05) is 29.5 Å². The number of hydrogen-bond acceptors (Lipinski definition) is 5. The molecule has 1 heterocycles. The number of hydrogen-bond donors (Lipinski definition) is 2. The lowest BCUT2D eigenvalue weighted by molar-refractivity contribution is -0.384. The number of anilines is 1. The predicted octanol–water partition coefficient (Wildman–Crippen LogP) is 4.98. The largest absolute Gasteiger partial charge is 0.348 e. The highest BCUT2D eigenvalue weighted by Crippen LogP contribution is 2.39. The molecule has 0 radical (unpaired) electrons. The summed E-state index contributed by atoms with van der Waals surface area (Å²) in [6, 6.07) is 6.26. The van der Waals surface area contributed by atoms with Crippen molar-refractivity contribution in [2.45, 2.75) is 64.3 Å². The van der Waals surface area contributed by atoms with Gasteiger partial charge in [0.05, 0.1) is 10.5 Å². The second-order valence-corrected chi connectivity index (χ2v) is 9.45. The van der Waals surface area contributed by atoms with Crippen molar-refractivity contribution in [1.29, 1.82) is 0 Å². The Bertz CT molecular complexity index is 995. The number of carbonyl (C=O) groups excluding carboxylic acids is 2. The fourth-order valence-corrected chi connectivity index (χ4v) is 5.81. The molecule has 0 atom stereocenters. The van der Waals surface area contributed by atoms with Crippen molar-refractivity contribution in [2.75, 3.05) is 5.32 Å². The lowest BCUT2D eigenvalue weighted by Gasteiger charge is -2.20. The van der Waals surface area contributed by atoms with E-state index in [1.54, 1.807) is 12.1 Å². The lowest BCUT2D eigenvalue weighted by Crippen LogP contribution is -2.28. The second-order valence-electron chi connectivity index (χ2n) is 8.35. The number of nitro groups is 1. The molecule has 1 saturated carbocycles. The molecule has 31 heavy (non-hydrogen) atoms. The summed E-state index contributed by atoms with van der Waals surface area (Å²) in [6.07, 6.45) is 9.06. The zero-order valence-corrected chi connectivity index (χ0v) is 18.3. The Labute approximate surface area is 185 Å². The highest BCUT2D eigenvalue weighted by atomic mass is 32.1. The van der Waals surface area contributed by atoms with Crippen LogP contribution < -0.4 is 10.6 Å². The average molecular weight is 442 g/mol. The minimum Gasteiger partial charge on any atom is -0.348 e. The summed E-state index contributed by atoms with van der Waals surface area (Å²) < 4.78 is 0. The average Bonchev–Trinajstić information content (AvgIpc) is 3.16. The summed E-state index contributed by atoms with van der Waals surface area (Å²) in [7, 11) is 0. The fourth-order valence-electron chi connectivity index (χ4n) is 4.52. The van der Waals surface area contributed by atoms with Gasteiger partial charge in [-0.1, -0.05) is 31.4 Å². The molecule has 0 saturated heterocycles. The first kappa shape index (κ1) is 21.5. The predicted molar refractivity (Wildman–Crippen MR) is 120 cm³/mol. The minimum atomic E-state index is -0.445. The van der Waals surface area contributed by atoms with E-state index in [1.165, 1.54) is 34.8 Å². The number of benzene rings is 1. The van der Waals surface area contributed by atoms with E-state index in [-0.39, 0.29) is 30.0 Å². The SMILES string of the molecule is O=C(NCc1cccc([N+](=O)[O-])c1)c1c(NC(=O)C2CCCCC2)sc2c1CCCC2. The van der Waals surface area contributed by atoms with Crippen LogP contribution in [0, 0.1) is 16.0 Å². The van der Waals surface area contributed by atoms with Crippen molar-refractivity contribution in [3.8, 4) is 0 Å². The van der Waals surface area contributed by atoms with Crippen LogP contribution in [0.25, 0.3) is 0 Å². The van der Waals surface area contributed by atoms with E-state index < -0.39 is 4.92 Å². The number of nitro benzene ring substituents is 1. The maximum Gasteiger partial charge on any atom is 0.269 e. The first-order valence-corrected chi connectivity index (χ1v) is 11.8. The van der Waals surface area contributed by atoms with Gasteiger partial charge in [-0.25, -0.2) is 0 Å². The smallest absolute Gasteiger partial charge is 0.269 e. The topological polar surface area (TPSA) is 101 Å². The Balaban J connectivity index is 1.52. The van der Waals surface area contributed by atoms with Crippen LogP contribution >= 0.6 is 11.3 Å². The number of nitrogens with one attached hydrogen (secondary N) is 2. The molecule has 2 N–H and O–H groups in total.